The molecule has 0 saturated carbocycles. The van der Waals surface area contributed by atoms with E-state index in [9.17, 15) is 19.5 Å². The van der Waals surface area contributed by atoms with Crippen LogP contribution in [0.1, 0.15) is 22.4 Å². The molecule has 0 radical (unpaired) electrons. The number of carboxylic acids is 1. The molecule has 10 nitrogen and oxygen atoms in total. The maximum atomic E-state index is 13.7. The van der Waals surface area contributed by atoms with Crippen LogP contribution in [0.15, 0.2) is 113 Å². The lowest BCUT2D eigenvalue weighted by atomic mass is 9.77. The quantitative estimate of drug-likeness (QED) is 0.0363. The first-order valence-electron chi connectivity index (χ1n) is 14.7. The number of alkyl halides is 1. The number of carboxylic acid groups (broad SMARTS) is 1. The van der Waals surface area contributed by atoms with Gasteiger partial charge in [-0.15, -0.1) is 41.1 Å². The second-order valence-electron chi connectivity index (χ2n) is 10.7. The van der Waals surface area contributed by atoms with Gasteiger partial charge in [-0.25, -0.2) is 9.78 Å². The summed E-state index contributed by atoms with van der Waals surface area (Å²) < 4.78 is 0. The lowest BCUT2D eigenvalue weighted by molar-refractivity contribution is -0.150. The molecule has 2 amide bonds. The summed E-state index contributed by atoms with van der Waals surface area (Å²) >= 11 is 8.53. The van der Waals surface area contributed by atoms with Crippen LogP contribution in [0.2, 0.25) is 0 Å². The number of thioether (sulfide) groups is 1. The number of aliphatic carboxylic acids is 1. The van der Waals surface area contributed by atoms with Crippen LogP contribution in [0.25, 0.3) is 0 Å². The number of nitrogens with one attached hydrogen (secondary N) is 2. The van der Waals surface area contributed by atoms with E-state index in [2.05, 4.69) is 21.7 Å². The molecule has 1 aromatic heterocycles. The number of amides is 2. The Labute approximate surface area is 289 Å². The van der Waals surface area contributed by atoms with Gasteiger partial charge in [-0.2, -0.15) is 0 Å². The standard InChI is InChI=1S/C35H28ClN5O5S2/c1-2-18-46-40-27(30(42)38-28-31(43)41-29(33(44)45)22(19-36)20-47-32(28)41)26-21-48-34(37-26)39-35(23-12-6-3-7-13-23,24-14-8-4-9-15-24)25-16-10-5-11-17-25/h1,3-17,21,28,32H,18-20H2,(H,37,39)(H,38,42)(H,44,45)/t28-,32+/m1/s1. The second-order valence-corrected chi connectivity index (χ2v) is 12.9. The molecule has 2 aliphatic rings. The number of terminal acetylenes is 1. The highest BCUT2D eigenvalue weighted by Gasteiger charge is 2.54. The molecule has 0 aliphatic carbocycles. The fraction of sp³-hybridized carbons (Fsp3) is 0.171. The third-order valence-electron chi connectivity index (χ3n) is 7.88. The number of aromatic nitrogens is 1. The van der Waals surface area contributed by atoms with Gasteiger partial charge < -0.3 is 20.6 Å². The summed E-state index contributed by atoms with van der Waals surface area (Å²) in [5.41, 5.74) is 2.32. The van der Waals surface area contributed by atoms with Crippen molar-refractivity contribution >= 4 is 63.3 Å². The van der Waals surface area contributed by atoms with Crippen molar-refractivity contribution in [1.29, 1.82) is 0 Å². The van der Waals surface area contributed by atoms with E-state index in [1.165, 1.54) is 23.1 Å². The number of rotatable bonds is 12. The van der Waals surface area contributed by atoms with E-state index in [4.69, 9.17) is 27.8 Å². The third-order valence-corrected chi connectivity index (χ3v) is 10.3. The fourth-order valence-electron chi connectivity index (χ4n) is 5.72. The van der Waals surface area contributed by atoms with Crippen molar-refractivity contribution < 1.29 is 24.3 Å². The minimum Gasteiger partial charge on any atom is -0.477 e. The van der Waals surface area contributed by atoms with E-state index < -0.39 is 34.7 Å². The topological polar surface area (TPSA) is 133 Å². The molecule has 242 valence electrons. The van der Waals surface area contributed by atoms with Gasteiger partial charge in [0.05, 0.1) is 0 Å². The van der Waals surface area contributed by atoms with Gasteiger partial charge in [-0.05, 0) is 22.3 Å². The maximum Gasteiger partial charge on any atom is 0.352 e. The number of anilines is 1. The molecule has 3 N–H and O–H groups in total. The van der Waals surface area contributed by atoms with Crippen LogP contribution >= 0.6 is 34.7 Å². The van der Waals surface area contributed by atoms with Crippen molar-refractivity contribution in [1.82, 2.24) is 15.2 Å². The lowest BCUT2D eigenvalue weighted by Crippen LogP contribution is -2.71. The van der Waals surface area contributed by atoms with Gasteiger partial charge in [0.1, 0.15) is 28.3 Å². The highest BCUT2D eigenvalue weighted by atomic mass is 35.5. The summed E-state index contributed by atoms with van der Waals surface area (Å²) in [6.07, 6.45) is 5.35. The molecule has 13 heteroatoms. The summed E-state index contributed by atoms with van der Waals surface area (Å²) in [7, 11) is 0. The van der Waals surface area contributed by atoms with Crippen LogP contribution in [-0.2, 0) is 24.8 Å². The number of carbonyl (C=O) groups is 3. The number of nitrogens with zero attached hydrogens (tertiary/aromatic N) is 3. The Hall–Kier alpha value is -5.09. The van der Waals surface area contributed by atoms with Crippen LogP contribution in [0.5, 0.6) is 0 Å². The zero-order chi connectivity index (χ0) is 33.7. The average Bonchev–Trinajstić information content (AvgIpc) is 3.59. The van der Waals surface area contributed by atoms with Gasteiger partial charge in [-0.3, -0.25) is 14.5 Å². The molecule has 4 aromatic rings. The van der Waals surface area contributed by atoms with Crippen molar-refractivity contribution in [3.63, 3.8) is 0 Å². The number of thiazole rings is 1. The number of fused-ring (bicyclic) bond motifs is 1. The van der Waals surface area contributed by atoms with E-state index in [0.717, 1.165) is 21.6 Å². The highest BCUT2D eigenvalue weighted by molar-refractivity contribution is 8.00. The highest BCUT2D eigenvalue weighted by Crippen LogP contribution is 2.42. The minimum atomic E-state index is -1.25. The molecule has 1 saturated heterocycles. The van der Waals surface area contributed by atoms with Gasteiger partial charge in [0.25, 0.3) is 11.8 Å². The Morgan fingerprint density at radius 3 is 2.15 bits per heavy atom. The van der Waals surface area contributed by atoms with Crippen molar-refractivity contribution in [2.75, 3.05) is 23.6 Å². The molecular formula is C35H28ClN5O5S2. The first-order chi connectivity index (χ1) is 23.4. The summed E-state index contributed by atoms with van der Waals surface area (Å²) in [5.74, 6) is 0.0519. The molecule has 3 aromatic carbocycles. The van der Waals surface area contributed by atoms with Crippen LogP contribution < -0.4 is 10.6 Å². The normalized spacial score (nSPS) is 17.5. The van der Waals surface area contributed by atoms with E-state index in [-0.39, 0.29) is 29.6 Å². The van der Waals surface area contributed by atoms with Gasteiger partial charge in [0, 0.05) is 17.0 Å². The monoisotopic (exact) mass is 697 g/mol. The first-order valence-corrected chi connectivity index (χ1v) is 17.2. The minimum absolute atomic E-state index is 0.0220. The van der Waals surface area contributed by atoms with Gasteiger partial charge in [0.15, 0.2) is 17.5 Å². The summed E-state index contributed by atoms with van der Waals surface area (Å²) in [4.78, 5) is 49.9. The number of hydrogen-bond acceptors (Lipinski definition) is 9. The molecule has 6 rings (SSSR count). The van der Waals surface area contributed by atoms with Gasteiger partial charge in [0.2, 0.25) is 0 Å². The number of oxime groups is 1. The van der Waals surface area contributed by atoms with Crippen molar-refractivity contribution in [3.05, 3.63) is 130 Å². The second kappa shape index (κ2) is 14.4. The Morgan fingerprint density at radius 1 is 1.04 bits per heavy atom. The Kier molecular flexibility index (Phi) is 9.82. The van der Waals surface area contributed by atoms with E-state index in [1.54, 1.807) is 5.38 Å². The predicted octanol–water partition coefficient (Wildman–Crippen LogP) is 4.88. The first kappa shape index (κ1) is 32.8. The molecule has 3 heterocycles. The molecule has 2 aliphatic heterocycles. The fourth-order valence-corrected chi connectivity index (χ4v) is 8.15. The Balaban J connectivity index is 1.33. The van der Waals surface area contributed by atoms with E-state index >= 15 is 0 Å². The van der Waals surface area contributed by atoms with E-state index in [0.29, 0.717) is 16.5 Å². The number of carbonyl (C=O) groups excluding carboxylic acids is 2. The van der Waals surface area contributed by atoms with Crippen LogP contribution in [0.3, 0.4) is 0 Å². The molecule has 1 fully saturated rings. The average molecular weight is 698 g/mol. The number of halogens is 1. The molecule has 2 atom stereocenters. The Morgan fingerprint density at radius 2 is 1.62 bits per heavy atom. The predicted molar refractivity (Wildman–Crippen MR) is 187 cm³/mol. The van der Waals surface area contributed by atoms with Crippen LogP contribution in [-0.4, -0.2) is 68.1 Å². The zero-order valence-corrected chi connectivity index (χ0v) is 27.6. The van der Waals surface area contributed by atoms with Gasteiger partial charge >= 0.3 is 5.97 Å². The number of β-lactam (4-membered cyclic amide) rings is 1. The molecular weight excluding hydrogens is 670 g/mol. The van der Waals surface area contributed by atoms with Crippen molar-refractivity contribution in [3.8, 4) is 12.3 Å². The number of benzene rings is 3. The van der Waals surface area contributed by atoms with Crippen LogP contribution in [0, 0.1) is 12.3 Å². The molecule has 0 unspecified atom stereocenters. The molecule has 0 bridgehead atoms. The lowest BCUT2D eigenvalue weighted by Gasteiger charge is -2.49. The summed E-state index contributed by atoms with van der Waals surface area (Å²) in [6, 6.07) is 29.0. The Bertz CT molecular complexity index is 1830. The zero-order valence-electron chi connectivity index (χ0n) is 25.2. The van der Waals surface area contributed by atoms with Crippen molar-refractivity contribution in [2.24, 2.45) is 5.16 Å². The van der Waals surface area contributed by atoms with E-state index in [1.807, 2.05) is 91.0 Å². The maximum absolute atomic E-state index is 13.7. The van der Waals surface area contributed by atoms with Crippen LogP contribution in [0.4, 0.5) is 5.13 Å². The van der Waals surface area contributed by atoms with Crippen molar-refractivity contribution in [2.45, 2.75) is 17.0 Å². The smallest absolute Gasteiger partial charge is 0.352 e. The largest absolute Gasteiger partial charge is 0.477 e. The summed E-state index contributed by atoms with van der Waals surface area (Å²) in [6.45, 7) is -0.201. The number of hydrogen-bond donors (Lipinski definition) is 3. The SMILES string of the molecule is C#CCON=C(C(=O)N[C@@H]1C(=O)N2C(C(=O)O)=C(CCl)CS[C@@H]12)c1csc(NC(c2ccccc2)(c2ccccc2)c2ccccc2)n1. The van der Waals surface area contributed by atoms with Gasteiger partial charge in [-0.1, -0.05) is 102 Å². The molecule has 0 spiro atoms. The third kappa shape index (κ3) is 6.15. The summed E-state index contributed by atoms with van der Waals surface area (Å²) in [5, 5.41) is 21.6. The molecule has 48 heavy (non-hydrogen) atoms.